The summed E-state index contributed by atoms with van der Waals surface area (Å²) in [7, 11) is -3.76. The molecule has 0 atom stereocenters. The molecule has 28 heavy (non-hydrogen) atoms. The fraction of sp³-hybridized carbons (Fsp3) is 0.300. The summed E-state index contributed by atoms with van der Waals surface area (Å²) >= 11 is 1.12. The van der Waals surface area contributed by atoms with Gasteiger partial charge in [-0.05, 0) is 42.7 Å². The topological polar surface area (TPSA) is 78.8 Å². The van der Waals surface area contributed by atoms with E-state index in [0.29, 0.717) is 29.0 Å². The summed E-state index contributed by atoms with van der Waals surface area (Å²) < 4.78 is 28.8. The number of carbonyl (C=O) groups is 1. The monoisotopic (exact) mass is 417 g/mol. The lowest BCUT2D eigenvalue weighted by Crippen LogP contribution is -2.34. The predicted octanol–water partition coefficient (Wildman–Crippen LogP) is 4.07. The van der Waals surface area contributed by atoms with Crippen LogP contribution in [0.1, 0.15) is 32.3 Å². The van der Waals surface area contributed by atoms with E-state index in [4.69, 9.17) is 0 Å². The minimum Gasteiger partial charge on any atom is -0.325 e. The normalized spacial score (nSPS) is 15.1. The lowest BCUT2D eigenvalue weighted by atomic mass is 10.0. The van der Waals surface area contributed by atoms with Crippen LogP contribution in [0.15, 0.2) is 57.8 Å². The third-order valence-electron chi connectivity index (χ3n) is 4.37. The van der Waals surface area contributed by atoms with Crippen molar-refractivity contribution in [1.82, 2.24) is 0 Å². The van der Waals surface area contributed by atoms with Gasteiger partial charge in [-0.3, -0.25) is 4.79 Å². The van der Waals surface area contributed by atoms with Gasteiger partial charge in [0, 0.05) is 12.2 Å². The Labute approximate surface area is 170 Å². The number of fused-ring (bicyclic) bond motifs is 1. The van der Waals surface area contributed by atoms with E-state index in [1.54, 1.807) is 24.3 Å². The van der Waals surface area contributed by atoms with Gasteiger partial charge in [0.1, 0.15) is 4.90 Å². The summed E-state index contributed by atoms with van der Waals surface area (Å²) in [6.07, 6.45) is 0. The molecule has 2 aromatic carbocycles. The van der Waals surface area contributed by atoms with E-state index >= 15 is 0 Å². The highest BCUT2D eigenvalue weighted by Crippen LogP contribution is 2.33. The molecule has 1 N–H and O–H groups in total. The molecular formula is C20H23N3O3S2. The van der Waals surface area contributed by atoms with Crippen LogP contribution in [0.2, 0.25) is 0 Å². The number of thioether (sulfide) groups is 1. The molecule has 0 aliphatic carbocycles. The van der Waals surface area contributed by atoms with Gasteiger partial charge in [-0.2, -0.15) is 8.42 Å². The first-order valence-electron chi connectivity index (χ1n) is 9.06. The molecule has 0 radical (unpaired) electrons. The van der Waals surface area contributed by atoms with Gasteiger partial charge in [-0.1, -0.05) is 49.9 Å². The van der Waals surface area contributed by atoms with Gasteiger partial charge in [0.15, 0.2) is 5.17 Å². The SMILES string of the molecule is CCN1C(SCC(=O)Nc2ccc(C(C)C)cc2)=NS(=O)(=O)c2ccccc21. The minimum absolute atomic E-state index is 0.0684. The number of para-hydroxylation sites is 1. The number of hydrogen-bond donors (Lipinski definition) is 1. The minimum atomic E-state index is -3.76. The number of rotatable bonds is 5. The molecule has 1 heterocycles. The van der Waals surface area contributed by atoms with E-state index < -0.39 is 10.0 Å². The maximum atomic E-state index is 12.4. The number of benzene rings is 2. The van der Waals surface area contributed by atoms with E-state index in [1.165, 1.54) is 5.56 Å². The number of nitrogens with zero attached hydrogens (tertiary/aromatic N) is 2. The van der Waals surface area contributed by atoms with Gasteiger partial charge < -0.3 is 10.2 Å². The number of sulfonamides is 1. The Hall–Kier alpha value is -2.32. The van der Waals surface area contributed by atoms with Crippen molar-refractivity contribution in [3.05, 3.63) is 54.1 Å². The molecular weight excluding hydrogens is 394 g/mol. The molecule has 0 saturated heterocycles. The molecule has 0 saturated carbocycles. The highest BCUT2D eigenvalue weighted by atomic mass is 32.2. The van der Waals surface area contributed by atoms with Crippen molar-refractivity contribution < 1.29 is 13.2 Å². The Bertz CT molecular complexity index is 1000. The molecule has 148 valence electrons. The van der Waals surface area contributed by atoms with Crippen molar-refractivity contribution in [2.45, 2.75) is 31.6 Å². The van der Waals surface area contributed by atoms with Crippen LogP contribution in [0.3, 0.4) is 0 Å². The fourth-order valence-corrected chi connectivity index (χ4v) is 5.21. The van der Waals surface area contributed by atoms with Crippen molar-refractivity contribution in [3.63, 3.8) is 0 Å². The Morgan fingerprint density at radius 1 is 1.14 bits per heavy atom. The number of anilines is 2. The number of nitrogens with one attached hydrogen (secondary N) is 1. The molecule has 0 unspecified atom stereocenters. The summed E-state index contributed by atoms with van der Waals surface area (Å²) in [6.45, 7) is 6.69. The molecule has 1 amide bonds. The maximum Gasteiger partial charge on any atom is 0.286 e. The fourth-order valence-electron chi connectivity index (χ4n) is 2.89. The zero-order valence-corrected chi connectivity index (χ0v) is 17.7. The molecule has 0 fully saturated rings. The van der Waals surface area contributed by atoms with Crippen LogP contribution >= 0.6 is 11.8 Å². The highest BCUT2D eigenvalue weighted by Gasteiger charge is 2.30. The van der Waals surface area contributed by atoms with Gasteiger partial charge in [0.25, 0.3) is 10.0 Å². The molecule has 2 aromatic rings. The number of amides is 1. The molecule has 1 aliphatic heterocycles. The molecule has 3 rings (SSSR count). The second-order valence-corrected chi connectivity index (χ2v) is 9.19. The van der Waals surface area contributed by atoms with Crippen LogP contribution in [0.4, 0.5) is 11.4 Å². The van der Waals surface area contributed by atoms with Gasteiger partial charge >= 0.3 is 0 Å². The Kier molecular flexibility index (Phi) is 6.10. The number of hydrogen-bond acceptors (Lipinski definition) is 5. The number of amidine groups is 1. The summed E-state index contributed by atoms with van der Waals surface area (Å²) in [5, 5.41) is 3.15. The van der Waals surface area contributed by atoms with E-state index in [-0.39, 0.29) is 16.6 Å². The lowest BCUT2D eigenvalue weighted by Gasteiger charge is -2.29. The van der Waals surface area contributed by atoms with E-state index in [2.05, 4.69) is 23.6 Å². The summed E-state index contributed by atoms with van der Waals surface area (Å²) in [6, 6.07) is 14.5. The standard InChI is InChI=1S/C20H23N3O3S2/c1-4-23-17-7-5-6-8-18(17)28(25,26)22-20(23)27-13-19(24)21-16-11-9-15(10-12-16)14(2)3/h5-12,14H,4,13H2,1-3H3,(H,21,24). The second-order valence-electron chi connectivity index (χ2n) is 6.67. The van der Waals surface area contributed by atoms with Crippen molar-refractivity contribution >= 4 is 44.2 Å². The first-order chi connectivity index (χ1) is 13.3. The quantitative estimate of drug-likeness (QED) is 0.793. The van der Waals surface area contributed by atoms with Gasteiger partial charge in [0.05, 0.1) is 11.4 Å². The first kappa shape index (κ1) is 20.4. The van der Waals surface area contributed by atoms with Crippen molar-refractivity contribution in [2.75, 3.05) is 22.5 Å². The average molecular weight is 418 g/mol. The zero-order valence-electron chi connectivity index (χ0n) is 16.0. The molecule has 0 bridgehead atoms. The third-order valence-corrected chi connectivity index (χ3v) is 6.78. The highest BCUT2D eigenvalue weighted by molar-refractivity contribution is 8.15. The zero-order chi connectivity index (χ0) is 20.3. The average Bonchev–Trinajstić information content (AvgIpc) is 2.67. The van der Waals surface area contributed by atoms with Crippen LogP contribution in [0, 0.1) is 0 Å². The molecule has 6 nitrogen and oxygen atoms in total. The van der Waals surface area contributed by atoms with Gasteiger partial charge in [0.2, 0.25) is 5.91 Å². The molecule has 1 aliphatic rings. The van der Waals surface area contributed by atoms with Crippen molar-refractivity contribution in [1.29, 1.82) is 0 Å². The van der Waals surface area contributed by atoms with Crippen molar-refractivity contribution in [2.24, 2.45) is 4.40 Å². The first-order valence-corrected chi connectivity index (χ1v) is 11.5. The maximum absolute atomic E-state index is 12.4. The van der Waals surface area contributed by atoms with Crippen LogP contribution in [-0.4, -0.2) is 31.8 Å². The van der Waals surface area contributed by atoms with E-state index in [0.717, 1.165) is 11.8 Å². The van der Waals surface area contributed by atoms with E-state index in [1.807, 2.05) is 36.1 Å². The van der Waals surface area contributed by atoms with Crippen LogP contribution in [0.25, 0.3) is 0 Å². The Morgan fingerprint density at radius 3 is 2.46 bits per heavy atom. The summed E-state index contributed by atoms with van der Waals surface area (Å²) in [4.78, 5) is 14.3. The van der Waals surface area contributed by atoms with Crippen LogP contribution in [-0.2, 0) is 14.8 Å². The Balaban J connectivity index is 1.69. The Morgan fingerprint density at radius 2 is 1.82 bits per heavy atom. The molecule has 0 spiro atoms. The van der Waals surface area contributed by atoms with E-state index in [9.17, 15) is 13.2 Å². The number of carbonyl (C=O) groups excluding carboxylic acids is 1. The van der Waals surface area contributed by atoms with Gasteiger partial charge in [-0.25, -0.2) is 0 Å². The van der Waals surface area contributed by atoms with Crippen LogP contribution < -0.4 is 10.2 Å². The second kappa shape index (κ2) is 8.36. The van der Waals surface area contributed by atoms with Crippen LogP contribution in [0.5, 0.6) is 0 Å². The van der Waals surface area contributed by atoms with Crippen molar-refractivity contribution in [3.8, 4) is 0 Å². The smallest absolute Gasteiger partial charge is 0.286 e. The molecule has 0 aromatic heterocycles. The lowest BCUT2D eigenvalue weighted by molar-refractivity contribution is -0.113. The summed E-state index contributed by atoms with van der Waals surface area (Å²) in [5.74, 6) is 0.283. The predicted molar refractivity (Wildman–Crippen MR) is 116 cm³/mol. The third kappa shape index (κ3) is 4.39. The molecule has 8 heteroatoms. The van der Waals surface area contributed by atoms with Gasteiger partial charge in [-0.15, -0.1) is 4.40 Å². The largest absolute Gasteiger partial charge is 0.325 e. The summed E-state index contributed by atoms with van der Waals surface area (Å²) in [5.41, 5.74) is 2.50.